The Morgan fingerprint density at radius 1 is 1.14 bits per heavy atom. The summed E-state index contributed by atoms with van der Waals surface area (Å²) in [5.41, 5.74) is 6.20. The summed E-state index contributed by atoms with van der Waals surface area (Å²) in [6.45, 7) is 8.82. The van der Waals surface area contributed by atoms with Crippen molar-refractivity contribution < 1.29 is 19.7 Å². The lowest BCUT2D eigenvalue weighted by atomic mass is 9.46. The Morgan fingerprint density at radius 3 is 2.59 bits per heavy atom. The Balaban J connectivity index is 1.70. The van der Waals surface area contributed by atoms with Crippen LogP contribution in [-0.2, 0) is 6.42 Å². The van der Waals surface area contributed by atoms with Crippen molar-refractivity contribution in [1.29, 1.82) is 0 Å². The summed E-state index contributed by atoms with van der Waals surface area (Å²) in [6, 6.07) is 7.32. The fraction of sp³-hybridized carbons (Fsp3) is 0.440. The number of ether oxygens (including phenoxy) is 2. The summed E-state index contributed by atoms with van der Waals surface area (Å²) in [7, 11) is 1.73. The van der Waals surface area contributed by atoms with Crippen LogP contribution in [0.4, 0.5) is 0 Å². The van der Waals surface area contributed by atoms with Gasteiger partial charge in [-0.1, -0.05) is 19.9 Å². The van der Waals surface area contributed by atoms with E-state index in [2.05, 4.69) is 33.8 Å². The van der Waals surface area contributed by atoms with Crippen LogP contribution in [0.3, 0.4) is 0 Å². The van der Waals surface area contributed by atoms with Crippen LogP contribution in [0.15, 0.2) is 29.8 Å². The van der Waals surface area contributed by atoms with Gasteiger partial charge in [-0.3, -0.25) is 0 Å². The second-order valence-corrected chi connectivity index (χ2v) is 9.41. The zero-order chi connectivity index (χ0) is 20.7. The van der Waals surface area contributed by atoms with Gasteiger partial charge in [0, 0.05) is 11.6 Å². The molecule has 0 saturated heterocycles. The minimum absolute atomic E-state index is 0.0551. The van der Waals surface area contributed by atoms with Gasteiger partial charge in [0.05, 0.1) is 7.11 Å². The number of hydrogen-bond donors (Lipinski definition) is 2. The van der Waals surface area contributed by atoms with Crippen LogP contribution in [-0.4, -0.2) is 23.4 Å². The van der Waals surface area contributed by atoms with E-state index in [0.717, 1.165) is 23.5 Å². The number of fused-ring (bicyclic) bond motifs is 5. The third-order valence-corrected chi connectivity index (χ3v) is 7.64. The molecule has 5 rings (SSSR count). The summed E-state index contributed by atoms with van der Waals surface area (Å²) in [6.07, 6.45) is 3.33. The maximum absolute atomic E-state index is 10.1. The van der Waals surface area contributed by atoms with Gasteiger partial charge in [0.1, 0.15) is 17.6 Å². The molecule has 2 aliphatic carbocycles. The Morgan fingerprint density at radius 2 is 1.90 bits per heavy atom. The molecule has 1 fully saturated rings. The molecule has 0 amide bonds. The predicted molar refractivity (Wildman–Crippen MR) is 113 cm³/mol. The first kappa shape index (κ1) is 18.4. The van der Waals surface area contributed by atoms with Crippen LogP contribution in [0, 0.1) is 11.3 Å². The first-order chi connectivity index (χ1) is 13.7. The van der Waals surface area contributed by atoms with Crippen LogP contribution >= 0.6 is 0 Å². The minimum atomic E-state index is -0.0748. The summed E-state index contributed by atoms with van der Waals surface area (Å²) in [5.74, 6) is 2.79. The number of rotatable bonds is 2. The van der Waals surface area contributed by atoms with Crippen LogP contribution in [0.5, 0.6) is 23.0 Å². The van der Waals surface area contributed by atoms with Crippen molar-refractivity contribution >= 4 is 6.08 Å². The molecule has 4 heteroatoms. The average molecular weight is 392 g/mol. The van der Waals surface area contributed by atoms with Crippen molar-refractivity contribution in [1.82, 2.24) is 0 Å². The third-order valence-electron chi connectivity index (χ3n) is 7.64. The summed E-state index contributed by atoms with van der Waals surface area (Å²) in [4.78, 5) is 0. The molecule has 4 nitrogen and oxygen atoms in total. The topological polar surface area (TPSA) is 58.9 Å². The minimum Gasteiger partial charge on any atom is -0.504 e. The Labute approximate surface area is 171 Å². The van der Waals surface area contributed by atoms with Crippen molar-refractivity contribution in [2.75, 3.05) is 7.11 Å². The molecule has 0 spiro atoms. The lowest BCUT2D eigenvalue weighted by molar-refractivity contribution is 0.0123. The van der Waals surface area contributed by atoms with Crippen molar-refractivity contribution in [2.24, 2.45) is 11.3 Å². The summed E-state index contributed by atoms with van der Waals surface area (Å²) < 4.78 is 12.0. The largest absolute Gasteiger partial charge is 0.504 e. The Kier molecular flexibility index (Phi) is 3.77. The number of hydrogen-bond acceptors (Lipinski definition) is 4. The van der Waals surface area contributed by atoms with E-state index in [-0.39, 0.29) is 28.9 Å². The molecular weight excluding hydrogens is 364 g/mol. The van der Waals surface area contributed by atoms with E-state index in [0.29, 0.717) is 11.8 Å². The highest BCUT2D eigenvalue weighted by Gasteiger charge is 2.61. The van der Waals surface area contributed by atoms with E-state index >= 15 is 0 Å². The highest BCUT2D eigenvalue weighted by molar-refractivity contribution is 5.73. The molecule has 1 aliphatic heterocycles. The predicted octanol–water partition coefficient (Wildman–Crippen LogP) is 5.37. The number of methoxy groups -OCH3 is 1. The molecule has 3 aliphatic rings. The van der Waals surface area contributed by atoms with Crippen molar-refractivity contribution in [2.45, 2.75) is 52.1 Å². The second-order valence-electron chi connectivity index (χ2n) is 9.41. The normalized spacial score (nSPS) is 28.4. The molecule has 0 radical (unpaired) electrons. The van der Waals surface area contributed by atoms with Gasteiger partial charge in [-0.25, -0.2) is 0 Å². The van der Waals surface area contributed by atoms with Crippen molar-refractivity contribution in [3.05, 3.63) is 52.1 Å². The zero-order valence-electron chi connectivity index (χ0n) is 17.6. The molecule has 0 aromatic heterocycles. The summed E-state index contributed by atoms with van der Waals surface area (Å²) >= 11 is 0. The monoisotopic (exact) mass is 392 g/mol. The number of phenols is 2. The average Bonchev–Trinajstić information content (AvgIpc) is 3.03. The van der Waals surface area contributed by atoms with E-state index < -0.39 is 0 Å². The Hall–Kier alpha value is -2.62. The van der Waals surface area contributed by atoms with E-state index in [1.807, 2.05) is 12.1 Å². The highest BCUT2D eigenvalue weighted by atomic mass is 16.5. The second kappa shape index (κ2) is 5.94. The third kappa shape index (κ3) is 2.38. The van der Waals surface area contributed by atoms with Crippen molar-refractivity contribution in [3.63, 3.8) is 0 Å². The molecule has 1 saturated carbocycles. The van der Waals surface area contributed by atoms with Gasteiger partial charge < -0.3 is 19.7 Å². The molecule has 0 bridgehead atoms. The maximum atomic E-state index is 10.1. The van der Waals surface area contributed by atoms with Gasteiger partial charge in [-0.2, -0.15) is 0 Å². The fourth-order valence-corrected chi connectivity index (χ4v) is 5.98. The van der Waals surface area contributed by atoms with Gasteiger partial charge in [0.2, 0.25) is 0 Å². The van der Waals surface area contributed by atoms with Gasteiger partial charge >= 0.3 is 0 Å². The molecule has 2 N–H and O–H groups in total. The smallest absolute Gasteiger partial charge is 0.157 e. The number of phenolic OH excluding ortho intramolecular Hbond substituents is 2. The Bertz CT molecular complexity index is 1050. The molecule has 2 aromatic rings. The lowest BCUT2D eigenvalue weighted by Gasteiger charge is -2.57. The van der Waals surface area contributed by atoms with Crippen LogP contribution in [0.25, 0.3) is 6.08 Å². The zero-order valence-corrected chi connectivity index (χ0v) is 17.6. The molecule has 29 heavy (non-hydrogen) atoms. The molecular formula is C25H28O4. The van der Waals surface area contributed by atoms with Gasteiger partial charge in [0.15, 0.2) is 11.5 Å². The van der Waals surface area contributed by atoms with Crippen LogP contribution in [0.1, 0.15) is 61.8 Å². The molecule has 152 valence electrons. The van der Waals surface area contributed by atoms with E-state index in [4.69, 9.17) is 9.47 Å². The van der Waals surface area contributed by atoms with Crippen LogP contribution < -0.4 is 9.47 Å². The first-order valence-corrected chi connectivity index (χ1v) is 10.3. The SMILES string of the molecule is COc1cc2c(c3c1C[C@H]1[C@@H]3[C@H](c3ccc(O)c(O)c3)C1(C)C)C=C(C)C(C)O2. The van der Waals surface area contributed by atoms with E-state index in [1.54, 1.807) is 19.2 Å². The van der Waals surface area contributed by atoms with Crippen LogP contribution in [0.2, 0.25) is 0 Å². The quantitative estimate of drug-likeness (QED) is 0.675. The van der Waals surface area contributed by atoms with Gasteiger partial charge in [-0.15, -0.1) is 0 Å². The fourth-order valence-electron chi connectivity index (χ4n) is 5.98. The molecule has 1 unspecified atom stereocenters. The first-order valence-electron chi connectivity index (χ1n) is 10.3. The highest BCUT2D eigenvalue weighted by Crippen LogP contribution is 2.71. The van der Waals surface area contributed by atoms with E-state index in [9.17, 15) is 10.2 Å². The van der Waals surface area contributed by atoms with Crippen molar-refractivity contribution in [3.8, 4) is 23.0 Å². The van der Waals surface area contributed by atoms with Gasteiger partial charge in [0.25, 0.3) is 0 Å². The molecule has 2 aromatic carbocycles. The number of aromatic hydroxyl groups is 2. The number of benzene rings is 2. The lowest BCUT2D eigenvalue weighted by Crippen LogP contribution is -2.48. The van der Waals surface area contributed by atoms with Gasteiger partial charge in [-0.05, 0) is 83.9 Å². The summed E-state index contributed by atoms with van der Waals surface area (Å²) in [5, 5.41) is 19.9. The van der Waals surface area contributed by atoms with E-state index in [1.165, 1.54) is 22.3 Å². The molecule has 4 atom stereocenters. The molecule has 1 heterocycles. The standard InChI is InChI=1S/C25H28O4/c1-12-8-15-21(29-13(12)2)11-20(28-5)16-10-17-23(22(15)16)24(25(17,3)4)14-6-7-18(26)19(27)9-14/h6-9,11,13,17,23-24,26-27H,10H2,1-5H3/t13?,17-,23-,24-/m0/s1. The maximum Gasteiger partial charge on any atom is 0.157 e.